The monoisotopic (exact) mass is 626 g/mol. The van der Waals surface area contributed by atoms with Crippen LogP contribution in [0, 0.1) is 0 Å². The van der Waals surface area contributed by atoms with Gasteiger partial charge in [0.1, 0.15) is 30.8 Å². The molecule has 0 saturated carbocycles. The second kappa shape index (κ2) is 17.1. The van der Waals surface area contributed by atoms with E-state index >= 15 is 0 Å². The molecule has 5 rings (SSSR count). The first-order chi connectivity index (χ1) is 22.5. The highest BCUT2D eigenvalue weighted by Crippen LogP contribution is 2.38. The number of benzene rings is 4. The molecule has 0 aliphatic carbocycles. The zero-order valence-corrected chi connectivity index (χ0v) is 26.1. The van der Waals surface area contributed by atoms with E-state index in [1.807, 2.05) is 121 Å². The highest BCUT2D eigenvalue weighted by Gasteiger charge is 2.57. The molecular weight excluding hydrogens is 584 g/mol. The first kappa shape index (κ1) is 33.5. The molecule has 8 nitrogen and oxygen atoms in total. The molecule has 1 heterocycles. The molecule has 1 unspecified atom stereocenters. The molecule has 242 valence electrons. The van der Waals surface area contributed by atoms with Crippen molar-refractivity contribution in [2.24, 2.45) is 0 Å². The van der Waals surface area contributed by atoms with Crippen molar-refractivity contribution >= 4 is 5.97 Å². The summed E-state index contributed by atoms with van der Waals surface area (Å²) >= 11 is 0. The lowest BCUT2D eigenvalue weighted by Crippen LogP contribution is -2.67. The van der Waals surface area contributed by atoms with Gasteiger partial charge in [0.15, 0.2) is 0 Å². The second-order valence-electron chi connectivity index (χ2n) is 11.2. The van der Waals surface area contributed by atoms with Crippen molar-refractivity contribution in [3.63, 3.8) is 0 Å². The van der Waals surface area contributed by atoms with Gasteiger partial charge in [-0.1, -0.05) is 121 Å². The van der Waals surface area contributed by atoms with E-state index in [4.69, 9.17) is 28.4 Å². The summed E-state index contributed by atoms with van der Waals surface area (Å²) in [6, 6.07) is 38.9. The summed E-state index contributed by atoms with van der Waals surface area (Å²) in [6.45, 7) is 2.89. The van der Waals surface area contributed by atoms with E-state index in [1.54, 1.807) is 6.92 Å². The number of rotatable bonds is 16. The minimum atomic E-state index is -2.10. The van der Waals surface area contributed by atoms with Crippen molar-refractivity contribution in [1.29, 1.82) is 0 Å². The Bertz CT molecular complexity index is 1440. The molecule has 4 aromatic rings. The summed E-state index contributed by atoms with van der Waals surface area (Å²) in [5.74, 6) is -2.72. The number of aliphatic hydroxyl groups is 1. The summed E-state index contributed by atoms with van der Waals surface area (Å²) < 4.78 is 37.4. The maximum atomic E-state index is 12.9. The molecule has 8 heteroatoms. The molecule has 1 fully saturated rings. The summed E-state index contributed by atoms with van der Waals surface area (Å²) in [5.41, 5.74) is 3.77. The number of carbonyl (C=O) groups excluding carboxylic acids is 1. The van der Waals surface area contributed by atoms with Crippen molar-refractivity contribution in [2.75, 3.05) is 13.2 Å². The Morgan fingerprint density at radius 3 is 1.57 bits per heavy atom. The molecule has 4 aromatic carbocycles. The molecular formula is C38H42O8. The Morgan fingerprint density at radius 2 is 1.09 bits per heavy atom. The van der Waals surface area contributed by atoms with Gasteiger partial charge in [-0.25, -0.2) is 0 Å². The predicted molar refractivity (Wildman–Crippen MR) is 172 cm³/mol. The lowest BCUT2D eigenvalue weighted by Gasteiger charge is -2.50. The van der Waals surface area contributed by atoms with E-state index < -0.39 is 42.6 Å². The van der Waals surface area contributed by atoms with E-state index in [1.165, 1.54) is 0 Å². The molecule has 0 aromatic heterocycles. The third-order valence-electron chi connectivity index (χ3n) is 7.73. The average Bonchev–Trinajstić information content (AvgIpc) is 3.08. The topological polar surface area (TPSA) is 92.7 Å². The lowest BCUT2D eigenvalue weighted by molar-refractivity contribution is -0.370. The van der Waals surface area contributed by atoms with Crippen LogP contribution in [0.2, 0.25) is 0 Å². The summed E-state index contributed by atoms with van der Waals surface area (Å²) in [4.78, 5) is 12.9. The quantitative estimate of drug-likeness (QED) is 0.152. The number of carbonyl (C=O) groups is 1. The zero-order valence-electron chi connectivity index (χ0n) is 26.1. The van der Waals surface area contributed by atoms with Crippen LogP contribution < -0.4 is 0 Å². The third kappa shape index (κ3) is 9.56. The Labute approximate surface area is 270 Å². The molecule has 46 heavy (non-hydrogen) atoms. The molecule has 0 bridgehead atoms. The number of hydrogen-bond acceptors (Lipinski definition) is 8. The van der Waals surface area contributed by atoms with Crippen molar-refractivity contribution in [3.8, 4) is 0 Å². The standard InChI is InChI=1S/C38H42O8/c1-2-42-34(39)23-38(40)37(45-27-32-21-13-6-14-22-32)36(44-26-31-19-11-5-12-20-31)35(43-25-30-17-9-4-10-18-30)33(46-38)28-41-24-29-15-7-3-8-16-29/h3-22,33,35-37,40H,2,23-28H2,1H3/t33-,35+,36+,37-,38?/m1/s1. The normalized spacial score (nSPS) is 22.7. The van der Waals surface area contributed by atoms with Crippen LogP contribution in [0.5, 0.6) is 0 Å². The Hall–Kier alpha value is -3.89. The molecule has 1 saturated heterocycles. The first-order valence-electron chi connectivity index (χ1n) is 15.7. The molecule has 1 aliphatic rings. The summed E-state index contributed by atoms with van der Waals surface area (Å²) in [7, 11) is 0. The molecule has 0 amide bonds. The van der Waals surface area contributed by atoms with Gasteiger partial charge in [-0.05, 0) is 29.2 Å². The minimum Gasteiger partial charge on any atom is -0.466 e. The minimum absolute atomic E-state index is 0.0656. The highest BCUT2D eigenvalue weighted by atomic mass is 16.7. The zero-order chi connectivity index (χ0) is 32.0. The van der Waals surface area contributed by atoms with Gasteiger partial charge in [-0.15, -0.1) is 0 Å². The Balaban J connectivity index is 1.48. The van der Waals surface area contributed by atoms with Crippen LogP contribution in [0.3, 0.4) is 0 Å². The largest absolute Gasteiger partial charge is 0.466 e. The molecule has 1 aliphatic heterocycles. The van der Waals surface area contributed by atoms with Crippen LogP contribution in [0.1, 0.15) is 35.6 Å². The van der Waals surface area contributed by atoms with Gasteiger partial charge < -0.3 is 33.5 Å². The van der Waals surface area contributed by atoms with Gasteiger partial charge in [-0.3, -0.25) is 4.79 Å². The van der Waals surface area contributed by atoms with Crippen LogP contribution in [0.4, 0.5) is 0 Å². The third-order valence-corrected chi connectivity index (χ3v) is 7.73. The number of esters is 1. The van der Waals surface area contributed by atoms with E-state index in [0.29, 0.717) is 6.61 Å². The van der Waals surface area contributed by atoms with Crippen LogP contribution in [-0.2, 0) is 59.6 Å². The van der Waals surface area contributed by atoms with Gasteiger partial charge in [0, 0.05) is 0 Å². The SMILES string of the molecule is CCOC(=O)CC1(O)O[C@H](COCc2ccccc2)[C@H](OCc2ccccc2)[C@H](OCc2ccccc2)[C@H]1OCc1ccccc1. The molecule has 0 spiro atoms. The van der Waals surface area contributed by atoms with Crippen molar-refractivity contribution in [3.05, 3.63) is 144 Å². The maximum absolute atomic E-state index is 12.9. The predicted octanol–water partition coefficient (Wildman–Crippen LogP) is 6.00. The van der Waals surface area contributed by atoms with Crippen molar-refractivity contribution in [2.45, 2.75) is 70.0 Å². The van der Waals surface area contributed by atoms with E-state index in [2.05, 4.69) is 0 Å². The lowest BCUT2D eigenvalue weighted by atomic mass is 9.89. The Kier molecular flexibility index (Phi) is 12.5. The van der Waals surface area contributed by atoms with E-state index in [0.717, 1.165) is 22.3 Å². The fraction of sp³-hybridized carbons (Fsp3) is 0.342. The summed E-state index contributed by atoms with van der Waals surface area (Å²) in [5, 5.41) is 12.2. The van der Waals surface area contributed by atoms with Gasteiger partial charge in [0.25, 0.3) is 0 Å². The number of hydrogen-bond donors (Lipinski definition) is 1. The number of ether oxygens (including phenoxy) is 6. The fourth-order valence-electron chi connectivity index (χ4n) is 5.50. The van der Waals surface area contributed by atoms with E-state index in [9.17, 15) is 9.90 Å². The first-order valence-corrected chi connectivity index (χ1v) is 15.7. The fourth-order valence-corrected chi connectivity index (χ4v) is 5.50. The van der Waals surface area contributed by atoms with Crippen molar-refractivity contribution in [1.82, 2.24) is 0 Å². The smallest absolute Gasteiger partial charge is 0.311 e. The van der Waals surface area contributed by atoms with E-state index in [-0.39, 0.29) is 33.0 Å². The van der Waals surface area contributed by atoms with Crippen LogP contribution >= 0.6 is 0 Å². The van der Waals surface area contributed by atoms with Gasteiger partial charge >= 0.3 is 5.97 Å². The molecule has 0 radical (unpaired) electrons. The maximum Gasteiger partial charge on any atom is 0.311 e. The summed E-state index contributed by atoms with van der Waals surface area (Å²) in [6.07, 6.45) is -3.99. The highest BCUT2D eigenvalue weighted by molar-refractivity contribution is 5.70. The second-order valence-corrected chi connectivity index (χ2v) is 11.2. The van der Waals surface area contributed by atoms with Gasteiger partial charge in [-0.2, -0.15) is 0 Å². The Morgan fingerprint density at radius 1 is 0.652 bits per heavy atom. The van der Waals surface area contributed by atoms with Gasteiger partial charge in [0.2, 0.25) is 5.79 Å². The van der Waals surface area contributed by atoms with Crippen LogP contribution in [-0.4, -0.2) is 54.5 Å². The van der Waals surface area contributed by atoms with Crippen LogP contribution in [0.25, 0.3) is 0 Å². The van der Waals surface area contributed by atoms with Gasteiger partial charge in [0.05, 0.1) is 39.6 Å². The van der Waals surface area contributed by atoms with Crippen molar-refractivity contribution < 1.29 is 38.3 Å². The molecule has 1 N–H and O–H groups in total. The molecule has 5 atom stereocenters. The average molecular weight is 627 g/mol. The van der Waals surface area contributed by atoms with Crippen LogP contribution in [0.15, 0.2) is 121 Å².